The number of H-pyrrole nitrogens is 1. The van der Waals surface area contributed by atoms with Gasteiger partial charge in [-0.05, 0) is 62.4 Å². The maximum atomic E-state index is 6.32. The van der Waals surface area contributed by atoms with Crippen LogP contribution in [0.4, 0.5) is 0 Å². The summed E-state index contributed by atoms with van der Waals surface area (Å²) in [7, 11) is 0. The predicted molar refractivity (Wildman–Crippen MR) is 108 cm³/mol. The van der Waals surface area contributed by atoms with E-state index in [0.717, 1.165) is 55.6 Å². The van der Waals surface area contributed by atoms with Crippen LogP contribution >= 0.6 is 0 Å². The van der Waals surface area contributed by atoms with Crippen molar-refractivity contribution in [3.05, 3.63) is 59.7 Å². The predicted octanol–water partition coefficient (Wildman–Crippen LogP) is 2.78. The van der Waals surface area contributed by atoms with E-state index in [9.17, 15) is 0 Å². The van der Waals surface area contributed by atoms with Crippen LogP contribution in [0.15, 0.2) is 42.6 Å². The molecular weight excluding hydrogens is 336 g/mol. The van der Waals surface area contributed by atoms with Crippen molar-refractivity contribution >= 4 is 11.0 Å². The Labute approximate surface area is 160 Å². The summed E-state index contributed by atoms with van der Waals surface area (Å²) in [6, 6.07) is 12.6. The summed E-state index contributed by atoms with van der Waals surface area (Å²) in [4.78, 5) is 12.5. The molecule has 1 aromatic carbocycles. The number of hydrogen-bond acceptors (Lipinski definition) is 5. The fraction of sp³-hybridized carbons (Fsp3) is 0.429. The molecule has 0 spiro atoms. The highest BCUT2D eigenvalue weighted by Crippen LogP contribution is 2.27. The minimum Gasteiger partial charge on any atom is -0.341 e. The Morgan fingerprint density at radius 1 is 1.22 bits per heavy atom. The molecule has 142 valence electrons. The van der Waals surface area contributed by atoms with Crippen LogP contribution in [0.3, 0.4) is 0 Å². The molecule has 3 aromatic rings. The first-order valence-corrected chi connectivity index (χ1v) is 9.89. The van der Waals surface area contributed by atoms with Gasteiger partial charge in [-0.1, -0.05) is 18.2 Å². The van der Waals surface area contributed by atoms with Crippen molar-refractivity contribution in [3.8, 4) is 0 Å². The Kier molecular flexibility index (Phi) is 5.77. The van der Waals surface area contributed by atoms with Crippen molar-refractivity contribution in [2.75, 3.05) is 6.54 Å². The normalized spacial score (nSPS) is 17.7. The Morgan fingerprint density at radius 2 is 2.15 bits per heavy atom. The molecule has 1 aliphatic rings. The highest BCUT2D eigenvalue weighted by molar-refractivity contribution is 5.74. The Bertz CT molecular complexity index is 841. The number of aryl methyl sites for hydroxylation is 1. The summed E-state index contributed by atoms with van der Waals surface area (Å²) in [6.45, 7) is 1.67. The molecule has 0 saturated heterocycles. The number of fused-ring (bicyclic) bond motifs is 2. The molecule has 2 atom stereocenters. The smallest absolute Gasteiger partial charge is 0.121 e. The molecule has 2 aromatic heterocycles. The van der Waals surface area contributed by atoms with Crippen LogP contribution in [-0.4, -0.2) is 27.7 Å². The number of rotatable bonds is 8. The van der Waals surface area contributed by atoms with Gasteiger partial charge in [-0.2, -0.15) is 0 Å². The Balaban J connectivity index is 1.18. The minimum atomic E-state index is -0.00374. The highest BCUT2D eigenvalue weighted by Gasteiger charge is 2.22. The largest absolute Gasteiger partial charge is 0.341 e. The minimum absolute atomic E-state index is 0.00374. The summed E-state index contributed by atoms with van der Waals surface area (Å²) in [5.41, 5.74) is 11.0. The van der Waals surface area contributed by atoms with E-state index >= 15 is 0 Å². The van der Waals surface area contributed by atoms with E-state index < -0.39 is 0 Å². The van der Waals surface area contributed by atoms with E-state index in [1.54, 1.807) is 0 Å². The number of imidazole rings is 1. The van der Waals surface area contributed by atoms with E-state index in [1.807, 2.05) is 30.5 Å². The highest BCUT2D eigenvalue weighted by atomic mass is 15.1. The molecule has 0 aliphatic heterocycles. The van der Waals surface area contributed by atoms with Gasteiger partial charge in [0.15, 0.2) is 0 Å². The van der Waals surface area contributed by atoms with E-state index in [2.05, 4.69) is 37.7 Å². The van der Waals surface area contributed by atoms with Gasteiger partial charge in [0, 0.05) is 6.20 Å². The molecule has 4 rings (SSSR count). The SMILES string of the molecule is N[C@H](CCCNCc1nc2ccccc2[nH]1)NC1CCCc2cccnc21. The molecule has 2 heterocycles. The number of aromatic nitrogens is 3. The number of aromatic amines is 1. The molecule has 6 heteroatoms. The fourth-order valence-corrected chi connectivity index (χ4v) is 3.86. The van der Waals surface area contributed by atoms with Crippen molar-refractivity contribution in [1.29, 1.82) is 0 Å². The van der Waals surface area contributed by atoms with Crippen LogP contribution in [0.2, 0.25) is 0 Å². The zero-order valence-electron chi connectivity index (χ0n) is 15.6. The number of hydrogen-bond donors (Lipinski definition) is 4. The Hall–Kier alpha value is -2.28. The topological polar surface area (TPSA) is 91.6 Å². The number of para-hydroxylation sites is 2. The fourth-order valence-electron chi connectivity index (χ4n) is 3.86. The first kappa shape index (κ1) is 18.1. The van der Waals surface area contributed by atoms with Gasteiger partial charge < -0.3 is 16.0 Å². The summed E-state index contributed by atoms with van der Waals surface area (Å²) in [5, 5.41) is 7.02. The van der Waals surface area contributed by atoms with E-state index in [0.29, 0.717) is 0 Å². The van der Waals surface area contributed by atoms with Gasteiger partial charge in [-0.15, -0.1) is 0 Å². The first-order valence-electron chi connectivity index (χ1n) is 9.89. The second-order valence-electron chi connectivity index (χ2n) is 7.29. The van der Waals surface area contributed by atoms with Crippen LogP contribution < -0.4 is 16.4 Å². The molecule has 0 radical (unpaired) electrons. The molecule has 1 aliphatic carbocycles. The second kappa shape index (κ2) is 8.61. The quantitative estimate of drug-likeness (QED) is 0.364. The maximum Gasteiger partial charge on any atom is 0.121 e. The van der Waals surface area contributed by atoms with Crippen LogP contribution in [-0.2, 0) is 13.0 Å². The van der Waals surface area contributed by atoms with Crippen LogP contribution in [0.25, 0.3) is 11.0 Å². The molecule has 1 unspecified atom stereocenters. The zero-order chi connectivity index (χ0) is 18.5. The van der Waals surface area contributed by atoms with Crippen molar-refractivity contribution in [2.45, 2.75) is 50.9 Å². The van der Waals surface area contributed by atoms with Crippen molar-refractivity contribution in [1.82, 2.24) is 25.6 Å². The van der Waals surface area contributed by atoms with E-state index in [4.69, 9.17) is 5.73 Å². The standard InChI is InChI=1S/C21H28N6/c22-19(25-18-10-3-6-15-7-4-13-24-21(15)18)11-5-12-23-14-20-26-16-8-1-2-9-17(16)27-20/h1-2,4,7-9,13,18-19,23,25H,3,5-6,10-12,14,22H2,(H,26,27)/t18?,19-/m0/s1. The third-order valence-corrected chi connectivity index (χ3v) is 5.21. The number of nitrogens with one attached hydrogen (secondary N) is 3. The van der Waals surface area contributed by atoms with Crippen LogP contribution in [0.5, 0.6) is 0 Å². The van der Waals surface area contributed by atoms with Gasteiger partial charge in [-0.3, -0.25) is 10.3 Å². The van der Waals surface area contributed by atoms with E-state index in [-0.39, 0.29) is 12.2 Å². The molecule has 27 heavy (non-hydrogen) atoms. The van der Waals surface area contributed by atoms with Crippen molar-refractivity contribution in [2.24, 2.45) is 5.73 Å². The second-order valence-corrected chi connectivity index (χ2v) is 7.29. The summed E-state index contributed by atoms with van der Waals surface area (Å²) in [5.74, 6) is 0.975. The molecule has 0 bridgehead atoms. The Morgan fingerprint density at radius 3 is 3.07 bits per heavy atom. The molecule has 6 nitrogen and oxygen atoms in total. The van der Waals surface area contributed by atoms with Crippen molar-refractivity contribution in [3.63, 3.8) is 0 Å². The van der Waals surface area contributed by atoms with Gasteiger partial charge >= 0.3 is 0 Å². The van der Waals surface area contributed by atoms with E-state index in [1.165, 1.54) is 17.7 Å². The summed E-state index contributed by atoms with van der Waals surface area (Å²) < 4.78 is 0. The number of pyridine rings is 1. The van der Waals surface area contributed by atoms with Crippen molar-refractivity contribution < 1.29 is 0 Å². The molecule has 5 N–H and O–H groups in total. The average Bonchev–Trinajstić information content (AvgIpc) is 3.11. The van der Waals surface area contributed by atoms with Gasteiger partial charge in [0.1, 0.15) is 5.82 Å². The lowest BCUT2D eigenvalue weighted by molar-refractivity contribution is 0.371. The number of nitrogens with two attached hydrogens (primary N) is 1. The van der Waals surface area contributed by atoms with Crippen LogP contribution in [0.1, 0.15) is 48.8 Å². The average molecular weight is 364 g/mol. The first-order chi connectivity index (χ1) is 13.3. The lowest BCUT2D eigenvalue weighted by Gasteiger charge is -2.28. The third kappa shape index (κ3) is 4.53. The lowest BCUT2D eigenvalue weighted by Crippen LogP contribution is -2.41. The van der Waals surface area contributed by atoms with Crippen LogP contribution in [0, 0.1) is 0 Å². The lowest BCUT2D eigenvalue weighted by atomic mass is 9.91. The third-order valence-electron chi connectivity index (χ3n) is 5.21. The maximum absolute atomic E-state index is 6.32. The summed E-state index contributed by atoms with van der Waals surface area (Å²) in [6.07, 6.45) is 7.27. The molecule has 0 amide bonds. The molecule has 0 saturated carbocycles. The van der Waals surface area contributed by atoms with Gasteiger partial charge in [-0.25, -0.2) is 4.98 Å². The molecule has 0 fully saturated rings. The summed E-state index contributed by atoms with van der Waals surface area (Å²) >= 11 is 0. The number of benzene rings is 1. The van der Waals surface area contributed by atoms with Gasteiger partial charge in [0.05, 0.1) is 35.5 Å². The molecular formula is C21H28N6. The monoisotopic (exact) mass is 364 g/mol. The zero-order valence-corrected chi connectivity index (χ0v) is 15.6. The van der Waals surface area contributed by atoms with Gasteiger partial charge in [0.2, 0.25) is 0 Å². The van der Waals surface area contributed by atoms with Gasteiger partial charge in [0.25, 0.3) is 0 Å². The number of nitrogens with zero attached hydrogens (tertiary/aromatic N) is 2.